The SMILES string of the molecule is Cc1ccc(NC(=O)CC2(C(=O)O)CCCC2)cc1I. The number of hydrogen-bond donors (Lipinski definition) is 2. The Morgan fingerprint density at radius 3 is 2.55 bits per heavy atom. The van der Waals surface area contributed by atoms with Crippen molar-refractivity contribution in [1.29, 1.82) is 0 Å². The maximum atomic E-state index is 12.1. The number of benzene rings is 1. The molecular formula is C15H18INO3. The van der Waals surface area contributed by atoms with E-state index in [-0.39, 0.29) is 12.3 Å². The Hall–Kier alpha value is -1.11. The van der Waals surface area contributed by atoms with Crippen molar-refractivity contribution >= 4 is 40.2 Å². The van der Waals surface area contributed by atoms with Crippen LogP contribution < -0.4 is 5.32 Å². The van der Waals surface area contributed by atoms with E-state index in [0.717, 1.165) is 27.7 Å². The number of aryl methyl sites for hydroxylation is 1. The van der Waals surface area contributed by atoms with Gasteiger partial charge < -0.3 is 10.4 Å². The number of nitrogens with one attached hydrogen (secondary N) is 1. The molecule has 1 saturated carbocycles. The van der Waals surface area contributed by atoms with Gasteiger partial charge >= 0.3 is 5.97 Å². The fourth-order valence-corrected chi connectivity index (χ4v) is 3.22. The Bertz CT molecular complexity index is 536. The second-order valence-corrected chi connectivity index (χ2v) is 6.64. The molecule has 2 rings (SSSR count). The minimum atomic E-state index is -0.859. The number of carbonyl (C=O) groups excluding carboxylic acids is 1. The van der Waals surface area contributed by atoms with Crippen LogP contribution in [0.3, 0.4) is 0 Å². The molecule has 1 aliphatic carbocycles. The highest BCUT2D eigenvalue weighted by atomic mass is 127. The van der Waals surface area contributed by atoms with Crippen LogP contribution in [0.2, 0.25) is 0 Å². The highest BCUT2D eigenvalue weighted by Gasteiger charge is 2.42. The molecule has 0 saturated heterocycles. The molecule has 0 atom stereocenters. The van der Waals surface area contributed by atoms with Gasteiger partial charge in [-0.2, -0.15) is 0 Å². The summed E-state index contributed by atoms with van der Waals surface area (Å²) in [5.41, 5.74) is 1.02. The minimum Gasteiger partial charge on any atom is -0.481 e. The van der Waals surface area contributed by atoms with Crippen LogP contribution in [0.4, 0.5) is 5.69 Å². The summed E-state index contributed by atoms with van der Waals surface area (Å²) >= 11 is 2.21. The van der Waals surface area contributed by atoms with Crippen LogP contribution in [-0.4, -0.2) is 17.0 Å². The number of aliphatic carboxylic acids is 1. The predicted octanol–water partition coefficient (Wildman–Crippen LogP) is 3.57. The zero-order valence-corrected chi connectivity index (χ0v) is 13.6. The van der Waals surface area contributed by atoms with E-state index in [9.17, 15) is 14.7 Å². The van der Waals surface area contributed by atoms with E-state index in [2.05, 4.69) is 27.9 Å². The zero-order chi connectivity index (χ0) is 14.8. The standard InChI is InChI=1S/C15H18INO3/c1-10-4-5-11(8-12(10)16)17-13(18)9-15(14(19)20)6-2-3-7-15/h4-5,8H,2-3,6-7,9H2,1H3,(H,17,18)(H,19,20). The number of carboxylic acid groups (broad SMARTS) is 1. The quantitative estimate of drug-likeness (QED) is 0.777. The first-order valence-corrected chi connectivity index (χ1v) is 7.80. The van der Waals surface area contributed by atoms with Crippen molar-refractivity contribution in [1.82, 2.24) is 0 Å². The summed E-state index contributed by atoms with van der Waals surface area (Å²) in [6, 6.07) is 5.69. The molecule has 1 aromatic carbocycles. The van der Waals surface area contributed by atoms with E-state index in [0.29, 0.717) is 12.8 Å². The fourth-order valence-electron chi connectivity index (χ4n) is 2.70. The van der Waals surface area contributed by atoms with E-state index in [1.807, 2.05) is 25.1 Å². The normalized spacial score (nSPS) is 16.9. The van der Waals surface area contributed by atoms with E-state index in [1.165, 1.54) is 0 Å². The summed E-state index contributed by atoms with van der Waals surface area (Å²) in [7, 11) is 0. The van der Waals surface area contributed by atoms with E-state index < -0.39 is 11.4 Å². The first kappa shape index (κ1) is 15.3. The smallest absolute Gasteiger partial charge is 0.310 e. The van der Waals surface area contributed by atoms with Gasteiger partial charge in [0.15, 0.2) is 0 Å². The third-order valence-corrected chi connectivity index (χ3v) is 5.13. The first-order valence-electron chi connectivity index (χ1n) is 6.72. The zero-order valence-electron chi connectivity index (χ0n) is 11.4. The first-order chi connectivity index (χ1) is 9.43. The Labute approximate surface area is 132 Å². The number of carboxylic acids is 1. The molecule has 5 heteroatoms. The molecule has 1 aliphatic rings. The number of amides is 1. The van der Waals surface area contributed by atoms with Crippen molar-refractivity contribution in [3.05, 3.63) is 27.3 Å². The fraction of sp³-hybridized carbons (Fsp3) is 0.467. The topological polar surface area (TPSA) is 66.4 Å². The highest BCUT2D eigenvalue weighted by molar-refractivity contribution is 14.1. The van der Waals surface area contributed by atoms with Gasteiger partial charge in [-0.05, 0) is 60.1 Å². The van der Waals surface area contributed by atoms with Crippen LogP contribution in [-0.2, 0) is 9.59 Å². The van der Waals surface area contributed by atoms with Gasteiger partial charge in [0.05, 0.1) is 5.41 Å². The number of rotatable bonds is 4. The van der Waals surface area contributed by atoms with E-state index >= 15 is 0 Å². The van der Waals surface area contributed by atoms with Crippen molar-refractivity contribution < 1.29 is 14.7 Å². The highest BCUT2D eigenvalue weighted by Crippen LogP contribution is 2.41. The van der Waals surface area contributed by atoms with E-state index in [4.69, 9.17) is 0 Å². The van der Waals surface area contributed by atoms with Crippen molar-refractivity contribution in [3.63, 3.8) is 0 Å². The molecule has 0 radical (unpaired) electrons. The second-order valence-electron chi connectivity index (χ2n) is 5.48. The summed E-state index contributed by atoms with van der Waals surface area (Å²) in [6.07, 6.45) is 3.04. The molecule has 0 heterocycles. The Morgan fingerprint density at radius 1 is 1.35 bits per heavy atom. The number of anilines is 1. The van der Waals surface area contributed by atoms with Gasteiger partial charge in [-0.15, -0.1) is 0 Å². The summed E-state index contributed by atoms with van der Waals surface area (Å²) < 4.78 is 1.08. The lowest BCUT2D eigenvalue weighted by Gasteiger charge is -2.22. The van der Waals surface area contributed by atoms with Crippen molar-refractivity contribution in [2.45, 2.75) is 39.0 Å². The maximum Gasteiger partial charge on any atom is 0.310 e. The number of halogens is 1. The van der Waals surface area contributed by atoms with Gasteiger partial charge in [0.25, 0.3) is 0 Å². The molecule has 0 aromatic heterocycles. The van der Waals surface area contributed by atoms with Gasteiger partial charge in [0, 0.05) is 15.7 Å². The molecule has 1 fully saturated rings. The van der Waals surface area contributed by atoms with Crippen LogP contribution >= 0.6 is 22.6 Å². The predicted molar refractivity (Wildman–Crippen MR) is 85.7 cm³/mol. The molecule has 1 aromatic rings. The van der Waals surface area contributed by atoms with Crippen molar-refractivity contribution in [2.24, 2.45) is 5.41 Å². The average Bonchev–Trinajstić information content (AvgIpc) is 2.83. The summed E-state index contributed by atoms with van der Waals surface area (Å²) in [5, 5.41) is 12.2. The average molecular weight is 387 g/mol. The Kier molecular flexibility index (Phi) is 4.67. The van der Waals surface area contributed by atoms with Crippen molar-refractivity contribution in [3.8, 4) is 0 Å². The van der Waals surface area contributed by atoms with Crippen molar-refractivity contribution in [2.75, 3.05) is 5.32 Å². The Morgan fingerprint density at radius 2 is 2.00 bits per heavy atom. The van der Waals surface area contributed by atoms with Gasteiger partial charge in [0.2, 0.25) is 5.91 Å². The molecule has 4 nitrogen and oxygen atoms in total. The lowest BCUT2D eigenvalue weighted by Crippen LogP contribution is -2.32. The molecule has 0 bridgehead atoms. The van der Waals surface area contributed by atoms with Crippen LogP contribution in [0, 0.1) is 15.9 Å². The molecule has 1 amide bonds. The van der Waals surface area contributed by atoms with E-state index in [1.54, 1.807) is 0 Å². The van der Waals surface area contributed by atoms with Crippen LogP contribution in [0.5, 0.6) is 0 Å². The van der Waals surface area contributed by atoms with Crippen LogP contribution in [0.15, 0.2) is 18.2 Å². The minimum absolute atomic E-state index is 0.0623. The Balaban J connectivity index is 2.04. The summed E-state index contributed by atoms with van der Waals surface area (Å²) in [6.45, 7) is 2.01. The maximum absolute atomic E-state index is 12.1. The van der Waals surface area contributed by atoms with Gasteiger partial charge in [-0.3, -0.25) is 9.59 Å². The molecular weight excluding hydrogens is 369 g/mol. The second kappa shape index (κ2) is 6.11. The molecule has 0 spiro atoms. The lowest BCUT2D eigenvalue weighted by molar-refractivity contribution is -0.150. The van der Waals surface area contributed by atoms with Crippen LogP contribution in [0.25, 0.3) is 0 Å². The number of hydrogen-bond acceptors (Lipinski definition) is 2. The largest absolute Gasteiger partial charge is 0.481 e. The summed E-state index contributed by atoms with van der Waals surface area (Å²) in [5.74, 6) is -1.06. The lowest BCUT2D eigenvalue weighted by atomic mass is 9.82. The van der Waals surface area contributed by atoms with Gasteiger partial charge in [0.1, 0.15) is 0 Å². The third-order valence-electron chi connectivity index (χ3n) is 3.97. The molecule has 0 aliphatic heterocycles. The number of carbonyl (C=O) groups is 2. The van der Waals surface area contributed by atoms with Gasteiger partial charge in [-0.1, -0.05) is 18.9 Å². The third kappa shape index (κ3) is 3.31. The summed E-state index contributed by atoms with van der Waals surface area (Å²) in [4.78, 5) is 23.5. The monoisotopic (exact) mass is 387 g/mol. The molecule has 2 N–H and O–H groups in total. The van der Waals surface area contributed by atoms with Gasteiger partial charge in [-0.25, -0.2) is 0 Å². The molecule has 108 valence electrons. The molecule has 0 unspecified atom stereocenters. The van der Waals surface area contributed by atoms with Crippen LogP contribution in [0.1, 0.15) is 37.7 Å². The molecule has 20 heavy (non-hydrogen) atoms.